The van der Waals surface area contributed by atoms with E-state index in [9.17, 15) is 19.1 Å². The van der Waals surface area contributed by atoms with Gasteiger partial charge < -0.3 is 10.0 Å². The topological polar surface area (TPSA) is 75.4 Å². The number of carbonyl (C=O) groups excluding carboxylic acids is 1. The summed E-state index contributed by atoms with van der Waals surface area (Å²) in [4.78, 5) is 26.3. The average Bonchev–Trinajstić information content (AvgIpc) is 3.30. The second-order valence-electron chi connectivity index (χ2n) is 7.13. The van der Waals surface area contributed by atoms with Crippen molar-refractivity contribution in [3.8, 4) is 5.69 Å². The molecule has 2 heterocycles. The van der Waals surface area contributed by atoms with Gasteiger partial charge in [-0.3, -0.25) is 4.79 Å². The fraction of sp³-hybridized carbons (Fsp3) is 0.421. The largest absolute Gasteiger partial charge is 0.480 e. The van der Waals surface area contributed by atoms with Gasteiger partial charge in [0.05, 0.1) is 0 Å². The van der Waals surface area contributed by atoms with E-state index in [0.717, 1.165) is 24.1 Å². The van der Waals surface area contributed by atoms with Gasteiger partial charge in [-0.05, 0) is 51.2 Å². The smallest absolute Gasteiger partial charge is 0.329 e. The van der Waals surface area contributed by atoms with Crippen LogP contribution in [0, 0.1) is 5.82 Å². The number of carboxylic acid groups (broad SMARTS) is 1. The third kappa shape index (κ3) is 2.34. The highest BCUT2D eigenvalue weighted by Gasteiger charge is 2.47. The molecule has 4 rings (SSSR count). The van der Waals surface area contributed by atoms with Crippen LogP contribution in [0.15, 0.2) is 24.3 Å². The van der Waals surface area contributed by atoms with Gasteiger partial charge in [-0.25, -0.2) is 13.9 Å². The molecule has 1 fully saturated rings. The summed E-state index contributed by atoms with van der Waals surface area (Å²) in [6.07, 6.45) is 3.36. The number of carbonyl (C=O) groups is 2. The first kappa shape index (κ1) is 16.8. The molecule has 1 atom stereocenters. The zero-order valence-corrected chi connectivity index (χ0v) is 14.5. The monoisotopic (exact) mass is 357 g/mol. The lowest BCUT2D eigenvalue weighted by Crippen LogP contribution is -2.51. The number of likely N-dealkylation sites (tertiary alicyclic amines) is 1. The van der Waals surface area contributed by atoms with E-state index in [4.69, 9.17) is 0 Å². The minimum Gasteiger partial charge on any atom is -0.480 e. The number of para-hydroxylation sites is 1. The van der Waals surface area contributed by atoms with Gasteiger partial charge in [0, 0.05) is 17.8 Å². The van der Waals surface area contributed by atoms with Gasteiger partial charge >= 0.3 is 5.97 Å². The third-order valence-corrected chi connectivity index (χ3v) is 5.56. The van der Waals surface area contributed by atoms with Crippen molar-refractivity contribution in [2.24, 2.45) is 0 Å². The number of benzene rings is 1. The number of hydrogen-bond donors (Lipinski definition) is 1. The van der Waals surface area contributed by atoms with Crippen molar-refractivity contribution in [1.29, 1.82) is 0 Å². The number of aromatic nitrogens is 2. The van der Waals surface area contributed by atoms with Crippen molar-refractivity contribution in [1.82, 2.24) is 14.7 Å². The quantitative estimate of drug-likeness (QED) is 0.916. The fourth-order valence-corrected chi connectivity index (χ4v) is 4.07. The predicted octanol–water partition coefficient (Wildman–Crippen LogP) is 2.58. The molecule has 1 amide bonds. The second kappa shape index (κ2) is 5.93. The Labute approximate surface area is 150 Å². The highest BCUT2D eigenvalue weighted by Crippen LogP contribution is 2.34. The molecule has 1 aliphatic heterocycles. The number of rotatable bonds is 3. The number of hydrogen-bond acceptors (Lipinski definition) is 3. The zero-order chi connectivity index (χ0) is 18.5. The van der Waals surface area contributed by atoms with Crippen LogP contribution in [0.1, 0.15) is 47.9 Å². The zero-order valence-electron chi connectivity index (χ0n) is 14.5. The highest BCUT2D eigenvalue weighted by molar-refractivity contribution is 5.98. The van der Waals surface area contributed by atoms with E-state index >= 15 is 0 Å². The molecular weight excluding hydrogens is 337 g/mol. The summed E-state index contributed by atoms with van der Waals surface area (Å²) < 4.78 is 15.8. The Morgan fingerprint density at radius 3 is 2.73 bits per heavy atom. The highest BCUT2D eigenvalue weighted by atomic mass is 19.1. The number of fused-ring (bicyclic) bond motifs is 1. The predicted molar refractivity (Wildman–Crippen MR) is 91.9 cm³/mol. The standard InChI is InChI=1S/C19H20FN3O3/c1-19(18(25)26)10-5-11-22(19)17(24)16-12-6-4-9-14(12)23(21-16)15-8-3-2-7-13(15)20/h2-3,7-8H,4-6,9-11H2,1H3,(H,25,26). The molecule has 136 valence electrons. The lowest BCUT2D eigenvalue weighted by Gasteiger charge is -2.30. The minimum absolute atomic E-state index is 0.259. The van der Waals surface area contributed by atoms with Crippen LogP contribution in [0.3, 0.4) is 0 Å². The van der Waals surface area contributed by atoms with Gasteiger partial charge in [-0.2, -0.15) is 5.10 Å². The van der Waals surface area contributed by atoms with Crippen LogP contribution < -0.4 is 0 Å². The van der Waals surface area contributed by atoms with Gasteiger partial charge in [0.25, 0.3) is 5.91 Å². The van der Waals surface area contributed by atoms with E-state index < -0.39 is 17.3 Å². The van der Waals surface area contributed by atoms with E-state index in [-0.39, 0.29) is 11.6 Å². The second-order valence-corrected chi connectivity index (χ2v) is 7.13. The first-order chi connectivity index (χ1) is 12.4. The lowest BCUT2D eigenvalue weighted by molar-refractivity contribution is -0.147. The van der Waals surface area contributed by atoms with E-state index in [0.29, 0.717) is 31.5 Å². The van der Waals surface area contributed by atoms with Crippen LogP contribution in [-0.2, 0) is 17.6 Å². The molecule has 7 heteroatoms. The van der Waals surface area contributed by atoms with Gasteiger partial charge in [0.2, 0.25) is 0 Å². The number of halogens is 1. The molecule has 6 nitrogen and oxygen atoms in total. The number of amides is 1. The molecular formula is C19H20FN3O3. The maximum absolute atomic E-state index is 14.3. The van der Waals surface area contributed by atoms with Crippen molar-refractivity contribution >= 4 is 11.9 Å². The Morgan fingerprint density at radius 2 is 2.00 bits per heavy atom. The van der Waals surface area contributed by atoms with Crippen LogP contribution in [0.5, 0.6) is 0 Å². The molecule has 0 saturated carbocycles. The summed E-state index contributed by atoms with van der Waals surface area (Å²) in [6.45, 7) is 1.97. The number of aliphatic carboxylic acids is 1. The summed E-state index contributed by atoms with van der Waals surface area (Å²) >= 11 is 0. The lowest BCUT2D eigenvalue weighted by atomic mass is 9.99. The van der Waals surface area contributed by atoms with Crippen LogP contribution >= 0.6 is 0 Å². The van der Waals surface area contributed by atoms with Crippen LogP contribution in [0.25, 0.3) is 5.69 Å². The summed E-state index contributed by atoms with van der Waals surface area (Å²) in [6, 6.07) is 6.33. The molecule has 1 saturated heterocycles. The minimum atomic E-state index is -1.22. The SMILES string of the molecule is CC1(C(=O)O)CCCN1C(=O)c1nn(-c2ccccc2F)c2c1CCC2. The van der Waals surface area contributed by atoms with E-state index in [2.05, 4.69) is 5.10 Å². The molecule has 26 heavy (non-hydrogen) atoms. The Morgan fingerprint density at radius 1 is 1.23 bits per heavy atom. The number of nitrogens with zero attached hydrogens (tertiary/aromatic N) is 3. The molecule has 0 bridgehead atoms. The molecule has 1 aromatic heterocycles. The van der Waals surface area contributed by atoms with E-state index in [1.165, 1.54) is 15.6 Å². The van der Waals surface area contributed by atoms with E-state index in [1.54, 1.807) is 25.1 Å². The Balaban J connectivity index is 1.79. The van der Waals surface area contributed by atoms with Crippen LogP contribution in [0.4, 0.5) is 4.39 Å². The summed E-state index contributed by atoms with van der Waals surface area (Å²) in [5.41, 5.74) is 1.01. The van der Waals surface area contributed by atoms with E-state index in [1.807, 2.05) is 0 Å². The molecule has 1 N–H and O–H groups in total. The van der Waals surface area contributed by atoms with Gasteiger partial charge in [-0.15, -0.1) is 0 Å². The van der Waals surface area contributed by atoms with Crippen molar-refractivity contribution in [3.63, 3.8) is 0 Å². The number of carboxylic acids is 1. The Hall–Kier alpha value is -2.70. The Kier molecular flexibility index (Phi) is 3.82. The van der Waals surface area contributed by atoms with Gasteiger partial charge in [0.1, 0.15) is 17.0 Å². The molecule has 0 spiro atoms. The van der Waals surface area contributed by atoms with Gasteiger partial charge in [0.15, 0.2) is 5.69 Å². The Bertz CT molecular complexity index is 907. The summed E-state index contributed by atoms with van der Waals surface area (Å²) in [7, 11) is 0. The van der Waals surface area contributed by atoms with Gasteiger partial charge in [-0.1, -0.05) is 12.1 Å². The van der Waals surface area contributed by atoms with Crippen molar-refractivity contribution in [3.05, 3.63) is 47.0 Å². The van der Waals surface area contributed by atoms with Crippen LogP contribution in [-0.4, -0.2) is 43.7 Å². The van der Waals surface area contributed by atoms with Crippen LogP contribution in [0.2, 0.25) is 0 Å². The first-order valence-electron chi connectivity index (χ1n) is 8.84. The molecule has 2 aliphatic rings. The average molecular weight is 357 g/mol. The molecule has 2 aromatic rings. The molecule has 1 aromatic carbocycles. The summed E-state index contributed by atoms with van der Waals surface area (Å²) in [5.74, 6) is -1.78. The maximum Gasteiger partial charge on any atom is 0.329 e. The normalized spacial score (nSPS) is 21.8. The molecule has 0 radical (unpaired) electrons. The van der Waals surface area contributed by atoms with Crippen molar-refractivity contribution < 1.29 is 19.1 Å². The molecule has 1 unspecified atom stereocenters. The van der Waals surface area contributed by atoms with Crippen molar-refractivity contribution in [2.45, 2.75) is 44.6 Å². The maximum atomic E-state index is 14.3. The molecule has 1 aliphatic carbocycles. The fourth-order valence-electron chi connectivity index (χ4n) is 4.07. The third-order valence-electron chi connectivity index (χ3n) is 5.56. The van der Waals surface area contributed by atoms with Crippen molar-refractivity contribution in [2.75, 3.05) is 6.54 Å². The summed E-state index contributed by atoms with van der Waals surface area (Å²) in [5, 5.41) is 14.0. The first-order valence-corrected chi connectivity index (χ1v) is 8.84.